The Balaban J connectivity index is 3.17. The van der Waals surface area contributed by atoms with Crippen LogP contribution in [0.4, 0.5) is 0 Å². The fraction of sp³-hybridized carbons (Fsp3) is 0.889. The predicted octanol–water partition coefficient (Wildman–Crippen LogP) is 1.63. The summed E-state index contributed by atoms with van der Waals surface area (Å²) in [6.45, 7) is 7.20. The minimum atomic E-state index is -0.703. The maximum atomic E-state index is 10.1. The topological polar surface area (TPSA) is 49.3 Å². The lowest BCUT2D eigenvalue weighted by molar-refractivity contribution is -0.137. The number of aliphatic carboxylic acids is 1. The lowest BCUT2D eigenvalue weighted by Crippen LogP contribution is -2.36. The molecular formula is C9H19NO2. The van der Waals surface area contributed by atoms with Gasteiger partial charge in [0.1, 0.15) is 0 Å². The predicted molar refractivity (Wildman–Crippen MR) is 49.2 cm³/mol. The first-order valence-corrected chi connectivity index (χ1v) is 4.38. The maximum absolute atomic E-state index is 10.1. The average molecular weight is 173 g/mol. The quantitative estimate of drug-likeness (QED) is 0.621. The van der Waals surface area contributed by atoms with Gasteiger partial charge in [0.15, 0.2) is 0 Å². The van der Waals surface area contributed by atoms with Crippen LogP contribution in [0, 0.1) is 0 Å². The van der Waals surface area contributed by atoms with Crippen molar-refractivity contribution in [3.63, 3.8) is 0 Å². The van der Waals surface area contributed by atoms with Gasteiger partial charge in [-0.15, -0.1) is 0 Å². The fourth-order valence-electron chi connectivity index (χ4n) is 0.865. The summed E-state index contributed by atoms with van der Waals surface area (Å²) in [7, 11) is 0. The molecule has 0 aliphatic carbocycles. The van der Waals surface area contributed by atoms with Gasteiger partial charge in [-0.2, -0.15) is 0 Å². The van der Waals surface area contributed by atoms with Crippen molar-refractivity contribution in [1.29, 1.82) is 0 Å². The summed E-state index contributed by atoms with van der Waals surface area (Å²) in [4.78, 5) is 10.1. The van der Waals surface area contributed by atoms with Gasteiger partial charge in [0.2, 0.25) is 0 Å². The van der Waals surface area contributed by atoms with E-state index in [4.69, 9.17) is 5.11 Å². The highest BCUT2D eigenvalue weighted by atomic mass is 16.4. The van der Waals surface area contributed by atoms with Crippen LogP contribution in [-0.4, -0.2) is 23.2 Å². The highest BCUT2D eigenvalue weighted by Gasteiger charge is 2.07. The second-order valence-electron chi connectivity index (χ2n) is 4.03. The molecule has 72 valence electrons. The van der Waals surface area contributed by atoms with E-state index in [1.165, 1.54) is 0 Å². The summed E-state index contributed by atoms with van der Waals surface area (Å²) in [5.41, 5.74) is 0.142. The van der Waals surface area contributed by atoms with Gasteiger partial charge < -0.3 is 10.4 Å². The molecule has 0 aliphatic rings. The molecule has 0 aromatic rings. The summed E-state index contributed by atoms with van der Waals surface area (Å²) in [5, 5.41) is 11.7. The Morgan fingerprint density at radius 3 is 2.33 bits per heavy atom. The van der Waals surface area contributed by atoms with Crippen molar-refractivity contribution in [2.45, 2.75) is 45.6 Å². The molecule has 0 aliphatic heterocycles. The van der Waals surface area contributed by atoms with Gasteiger partial charge in [0.05, 0.1) is 0 Å². The molecule has 0 rings (SSSR count). The zero-order valence-electron chi connectivity index (χ0n) is 8.18. The third-order valence-corrected chi connectivity index (χ3v) is 1.47. The minimum absolute atomic E-state index is 0.142. The highest BCUT2D eigenvalue weighted by Crippen LogP contribution is 2.00. The van der Waals surface area contributed by atoms with Crippen molar-refractivity contribution in [1.82, 2.24) is 5.32 Å². The van der Waals surface area contributed by atoms with E-state index in [-0.39, 0.29) is 12.0 Å². The number of hydrogen-bond acceptors (Lipinski definition) is 2. The molecule has 0 saturated heterocycles. The van der Waals surface area contributed by atoms with E-state index in [2.05, 4.69) is 26.1 Å². The fourth-order valence-corrected chi connectivity index (χ4v) is 0.865. The van der Waals surface area contributed by atoms with Crippen molar-refractivity contribution in [3.05, 3.63) is 0 Å². The molecule has 0 bridgehead atoms. The summed E-state index contributed by atoms with van der Waals surface area (Å²) < 4.78 is 0. The van der Waals surface area contributed by atoms with E-state index in [1.807, 2.05) is 0 Å². The second kappa shape index (κ2) is 5.14. The van der Waals surface area contributed by atoms with Crippen molar-refractivity contribution < 1.29 is 9.90 Å². The monoisotopic (exact) mass is 173 g/mol. The molecule has 0 aromatic heterocycles. The first kappa shape index (κ1) is 11.4. The van der Waals surface area contributed by atoms with E-state index >= 15 is 0 Å². The molecule has 0 amide bonds. The zero-order chi connectivity index (χ0) is 9.61. The van der Waals surface area contributed by atoms with Gasteiger partial charge >= 0.3 is 5.97 Å². The molecule has 0 atom stereocenters. The second-order valence-corrected chi connectivity index (χ2v) is 4.03. The summed E-state index contributed by atoms with van der Waals surface area (Å²) >= 11 is 0. The molecular weight excluding hydrogens is 154 g/mol. The minimum Gasteiger partial charge on any atom is -0.481 e. The van der Waals surface area contributed by atoms with Crippen LogP contribution in [0.25, 0.3) is 0 Å². The maximum Gasteiger partial charge on any atom is 0.303 e. The molecule has 0 radical (unpaired) electrons. The first-order valence-electron chi connectivity index (χ1n) is 4.38. The van der Waals surface area contributed by atoms with Crippen molar-refractivity contribution in [3.8, 4) is 0 Å². The van der Waals surface area contributed by atoms with E-state index in [9.17, 15) is 4.79 Å². The molecule has 3 nitrogen and oxygen atoms in total. The van der Waals surface area contributed by atoms with Gasteiger partial charge in [-0.3, -0.25) is 4.79 Å². The van der Waals surface area contributed by atoms with Crippen molar-refractivity contribution in [2.24, 2.45) is 0 Å². The summed E-state index contributed by atoms with van der Waals surface area (Å²) in [6, 6.07) is 0. The van der Waals surface area contributed by atoms with Gasteiger partial charge in [-0.1, -0.05) is 0 Å². The van der Waals surface area contributed by atoms with Crippen LogP contribution in [0.15, 0.2) is 0 Å². The van der Waals surface area contributed by atoms with Crippen LogP contribution < -0.4 is 5.32 Å². The smallest absolute Gasteiger partial charge is 0.303 e. The number of carbonyl (C=O) groups is 1. The molecule has 2 N–H and O–H groups in total. The van der Waals surface area contributed by atoms with Gasteiger partial charge in [-0.25, -0.2) is 0 Å². The van der Waals surface area contributed by atoms with Crippen LogP contribution in [0.2, 0.25) is 0 Å². The number of carboxylic acid groups (broad SMARTS) is 1. The van der Waals surface area contributed by atoms with E-state index < -0.39 is 5.97 Å². The summed E-state index contributed by atoms with van der Waals surface area (Å²) in [5.74, 6) is -0.703. The molecule has 0 heterocycles. The molecule has 0 unspecified atom stereocenters. The Morgan fingerprint density at radius 2 is 1.92 bits per heavy atom. The normalized spacial score (nSPS) is 11.6. The number of hydrogen-bond donors (Lipinski definition) is 2. The Labute approximate surface area is 74.2 Å². The first-order chi connectivity index (χ1) is 5.42. The van der Waals surface area contributed by atoms with Crippen LogP contribution in [0.5, 0.6) is 0 Å². The molecule has 0 saturated carbocycles. The van der Waals surface area contributed by atoms with Crippen molar-refractivity contribution in [2.75, 3.05) is 6.54 Å². The Hall–Kier alpha value is -0.570. The van der Waals surface area contributed by atoms with Gasteiger partial charge in [0, 0.05) is 12.0 Å². The number of carboxylic acids is 1. The Morgan fingerprint density at radius 1 is 1.33 bits per heavy atom. The van der Waals surface area contributed by atoms with Crippen LogP contribution in [-0.2, 0) is 4.79 Å². The molecule has 3 heteroatoms. The summed E-state index contributed by atoms with van der Waals surface area (Å²) in [6.07, 6.45) is 1.98. The molecule has 0 aromatic carbocycles. The standard InChI is InChI=1S/C9H19NO2/c1-9(2,3)10-7-5-4-6-8(11)12/h10H,4-7H2,1-3H3,(H,11,12). The van der Waals surface area contributed by atoms with Crippen LogP contribution in [0.1, 0.15) is 40.0 Å². The number of rotatable bonds is 5. The highest BCUT2D eigenvalue weighted by molar-refractivity contribution is 5.66. The van der Waals surface area contributed by atoms with E-state index in [0.717, 1.165) is 19.4 Å². The van der Waals surface area contributed by atoms with E-state index in [0.29, 0.717) is 0 Å². The SMILES string of the molecule is CC(C)(C)NCCCCC(=O)O. The molecule has 12 heavy (non-hydrogen) atoms. The van der Waals surface area contributed by atoms with Gasteiger partial charge in [0.25, 0.3) is 0 Å². The van der Waals surface area contributed by atoms with Gasteiger partial charge in [-0.05, 0) is 40.2 Å². The number of unbranched alkanes of at least 4 members (excludes halogenated alkanes) is 1. The van der Waals surface area contributed by atoms with Crippen molar-refractivity contribution >= 4 is 5.97 Å². The largest absolute Gasteiger partial charge is 0.481 e. The lowest BCUT2D eigenvalue weighted by atomic mass is 10.1. The van der Waals surface area contributed by atoms with E-state index in [1.54, 1.807) is 0 Å². The molecule has 0 spiro atoms. The molecule has 0 fully saturated rings. The Bertz CT molecular complexity index is 138. The third-order valence-electron chi connectivity index (χ3n) is 1.47. The third kappa shape index (κ3) is 9.43. The van der Waals surface area contributed by atoms with Crippen LogP contribution >= 0.6 is 0 Å². The zero-order valence-corrected chi connectivity index (χ0v) is 8.18. The number of nitrogens with one attached hydrogen (secondary N) is 1. The lowest BCUT2D eigenvalue weighted by Gasteiger charge is -2.20. The van der Waals surface area contributed by atoms with Crippen LogP contribution in [0.3, 0.4) is 0 Å². The Kier molecular flexibility index (Phi) is 4.90. The average Bonchev–Trinajstić information content (AvgIpc) is 1.83.